The van der Waals surface area contributed by atoms with Crippen LogP contribution in [-0.2, 0) is 10.0 Å². The van der Waals surface area contributed by atoms with Crippen LogP contribution in [0.15, 0.2) is 41.3 Å². The average Bonchev–Trinajstić information content (AvgIpc) is 2.42. The first-order valence-electron chi connectivity index (χ1n) is 6.00. The molecule has 22 heavy (non-hydrogen) atoms. The summed E-state index contributed by atoms with van der Waals surface area (Å²) in [5.74, 6) is -3.59. The number of carbonyl (C=O) groups is 1. The van der Waals surface area contributed by atoms with Gasteiger partial charge in [0.25, 0.3) is 10.0 Å². The van der Waals surface area contributed by atoms with E-state index < -0.39 is 38.1 Å². The van der Waals surface area contributed by atoms with Crippen molar-refractivity contribution in [2.24, 2.45) is 0 Å². The number of benzene rings is 2. The van der Waals surface area contributed by atoms with Crippen molar-refractivity contribution in [1.29, 1.82) is 0 Å². The number of halogens is 2. The molecule has 0 aliphatic heterocycles. The SMILES string of the molecule is Cc1ccc(F)cc1NS(=O)(=O)c1ccc(F)c(C(=O)[O-])c1. The van der Waals surface area contributed by atoms with Crippen molar-refractivity contribution >= 4 is 21.7 Å². The fraction of sp³-hybridized carbons (Fsp3) is 0.0714. The van der Waals surface area contributed by atoms with Crippen LogP contribution in [-0.4, -0.2) is 14.4 Å². The molecule has 0 atom stereocenters. The van der Waals surface area contributed by atoms with Gasteiger partial charge in [0.2, 0.25) is 0 Å². The number of hydrogen-bond acceptors (Lipinski definition) is 4. The first-order chi connectivity index (χ1) is 10.2. The third-order valence-corrected chi connectivity index (χ3v) is 4.28. The van der Waals surface area contributed by atoms with E-state index in [1.807, 2.05) is 0 Å². The molecule has 0 fully saturated rings. The Kier molecular flexibility index (Phi) is 4.14. The highest BCUT2D eigenvalue weighted by atomic mass is 32.2. The van der Waals surface area contributed by atoms with Crippen molar-refractivity contribution in [2.75, 3.05) is 4.72 Å². The van der Waals surface area contributed by atoms with Gasteiger partial charge >= 0.3 is 0 Å². The lowest BCUT2D eigenvalue weighted by atomic mass is 10.2. The molecule has 0 aliphatic rings. The summed E-state index contributed by atoms with van der Waals surface area (Å²) in [7, 11) is -4.20. The molecule has 1 N–H and O–H groups in total. The Labute approximate surface area is 125 Å². The van der Waals surface area contributed by atoms with Crippen LogP contribution >= 0.6 is 0 Å². The van der Waals surface area contributed by atoms with E-state index in [0.717, 1.165) is 12.1 Å². The van der Waals surface area contributed by atoms with Gasteiger partial charge in [-0.1, -0.05) is 6.07 Å². The molecule has 2 rings (SSSR count). The molecule has 0 heterocycles. The minimum absolute atomic E-state index is 0.000625. The van der Waals surface area contributed by atoms with Crippen LogP contribution in [0.4, 0.5) is 14.5 Å². The number of carboxylic acids is 1. The topological polar surface area (TPSA) is 86.3 Å². The smallest absolute Gasteiger partial charge is 0.261 e. The summed E-state index contributed by atoms with van der Waals surface area (Å²) in [6.45, 7) is 1.56. The van der Waals surface area contributed by atoms with Crippen molar-refractivity contribution in [3.63, 3.8) is 0 Å². The molecule has 0 bridgehead atoms. The van der Waals surface area contributed by atoms with E-state index in [0.29, 0.717) is 17.7 Å². The van der Waals surface area contributed by atoms with Crippen LogP contribution in [0, 0.1) is 18.6 Å². The maximum atomic E-state index is 13.3. The minimum atomic E-state index is -4.20. The number of hydrogen-bond donors (Lipinski definition) is 1. The number of anilines is 1. The lowest BCUT2D eigenvalue weighted by Gasteiger charge is -2.12. The number of nitrogens with one attached hydrogen (secondary N) is 1. The van der Waals surface area contributed by atoms with Gasteiger partial charge in [0, 0.05) is 5.56 Å². The average molecular weight is 326 g/mol. The molecule has 0 aromatic heterocycles. The first kappa shape index (κ1) is 15.9. The van der Waals surface area contributed by atoms with Crippen molar-refractivity contribution < 1.29 is 27.1 Å². The van der Waals surface area contributed by atoms with Crippen LogP contribution in [0.5, 0.6) is 0 Å². The van der Waals surface area contributed by atoms with E-state index >= 15 is 0 Å². The lowest BCUT2D eigenvalue weighted by Crippen LogP contribution is -2.24. The Morgan fingerprint density at radius 1 is 1.14 bits per heavy atom. The Morgan fingerprint density at radius 2 is 1.82 bits per heavy atom. The second kappa shape index (κ2) is 5.72. The number of aryl methyl sites for hydroxylation is 1. The predicted molar refractivity (Wildman–Crippen MR) is 72.7 cm³/mol. The Bertz CT molecular complexity index is 850. The van der Waals surface area contributed by atoms with Crippen LogP contribution < -0.4 is 9.83 Å². The molecule has 0 unspecified atom stereocenters. The highest BCUT2D eigenvalue weighted by molar-refractivity contribution is 7.92. The first-order valence-corrected chi connectivity index (χ1v) is 7.49. The van der Waals surface area contributed by atoms with Crippen LogP contribution in [0.25, 0.3) is 0 Å². The number of aromatic carboxylic acids is 1. The van der Waals surface area contributed by atoms with Gasteiger partial charge in [-0.25, -0.2) is 17.2 Å². The molecular weight excluding hydrogens is 316 g/mol. The van der Waals surface area contributed by atoms with Crippen LogP contribution in [0.1, 0.15) is 15.9 Å². The molecule has 116 valence electrons. The Balaban J connectivity index is 2.45. The van der Waals surface area contributed by atoms with Gasteiger partial charge in [-0.3, -0.25) is 4.72 Å². The fourth-order valence-electron chi connectivity index (χ4n) is 1.74. The molecule has 0 saturated heterocycles. The third-order valence-electron chi connectivity index (χ3n) is 2.91. The number of rotatable bonds is 4. The zero-order valence-electron chi connectivity index (χ0n) is 11.3. The summed E-state index contributed by atoms with van der Waals surface area (Å²) in [5.41, 5.74) is -0.412. The number of sulfonamides is 1. The van der Waals surface area contributed by atoms with Gasteiger partial charge < -0.3 is 9.90 Å². The minimum Gasteiger partial charge on any atom is -0.545 e. The van der Waals surface area contributed by atoms with E-state index in [9.17, 15) is 27.1 Å². The lowest BCUT2D eigenvalue weighted by molar-refractivity contribution is -0.255. The molecule has 0 amide bonds. The number of carbonyl (C=O) groups excluding carboxylic acids is 1. The van der Waals surface area contributed by atoms with Gasteiger partial charge in [0.05, 0.1) is 16.6 Å². The van der Waals surface area contributed by atoms with Gasteiger partial charge in [-0.2, -0.15) is 0 Å². The second-order valence-corrected chi connectivity index (χ2v) is 6.18. The van der Waals surface area contributed by atoms with E-state index in [1.54, 1.807) is 6.92 Å². The molecule has 0 spiro atoms. The highest BCUT2D eigenvalue weighted by Gasteiger charge is 2.18. The number of carboxylic acid groups (broad SMARTS) is 1. The summed E-state index contributed by atoms with van der Waals surface area (Å²) >= 11 is 0. The molecular formula is C14H10F2NO4S-. The van der Waals surface area contributed by atoms with Gasteiger partial charge in [-0.15, -0.1) is 0 Å². The van der Waals surface area contributed by atoms with Gasteiger partial charge in [0.15, 0.2) is 0 Å². The van der Waals surface area contributed by atoms with Crippen molar-refractivity contribution in [2.45, 2.75) is 11.8 Å². The van der Waals surface area contributed by atoms with Crippen LogP contribution in [0.3, 0.4) is 0 Å². The zero-order chi connectivity index (χ0) is 16.5. The maximum absolute atomic E-state index is 13.3. The summed E-state index contributed by atoms with van der Waals surface area (Å²) in [6, 6.07) is 5.78. The largest absolute Gasteiger partial charge is 0.545 e. The molecule has 0 aliphatic carbocycles. The summed E-state index contributed by atoms with van der Waals surface area (Å²) in [4.78, 5) is 10.3. The van der Waals surface area contributed by atoms with Gasteiger partial charge in [0.1, 0.15) is 11.6 Å². The summed E-state index contributed by atoms with van der Waals surface area (Å²) < 4.78 is 52.9. The normalized spacial score (nSPS) is 11.2. The fourth-order valence-corrected chi connectivity index (χ4v) is 2.88. The van der Waals surface area contributed by atoms with Crippen molar-refractivity contribution in [1.82, 2.24) is 0 Å². The van der Waals surface area contributed by atoms with E-state index in [2.05, 4.69) is 4.72 Å². The monoisotopic (exact) mass is 326 g/mol. The second-order valence-electron chi connectivity index (χ2n) is 4.49. The van der Waals surface area contributed by atoms with Crippen molar-refractivity contribution in [3.05, 3.63) is 59.2 Å². The van der Waals surface area contributed by atoms with E-state index in [1.165, 1.54) is 12.1 Å². The van der Waals surface area contributed by atoms with Gasteiger partial charge in [-0.05, 0) is 42.8 Å². The quantitative estimate of drug-likeness (QED) is 0.921. The third kappa shape index (κ3) is 3.22. The van der Waals surface area contributed by atoms with E-state index in [4.69, 9.17) is 0 Å². The molecule has 0 radical (unpaired) electrons. The molecule has 5 nitrogen and oxygen atoms in total. The zero-order valence-corrected chi connectivity index (χ0v) is 12.1. The predicted octanol–water partition coefficient (Wildman–Crippen LogP) is 1.44. The molecule has 0 saturated carbocycles. The maximum Gasteiger partial charge on any atom is 0.261 e. The van der Waals surface area contributed by atoms with E-state index in [-0.39, 0.29) is 5.69 Å². The summed E-state index contributed by atoms with van der Waals surface area (Å²) in [5, 5.41) is 10.7. The van der Waals surface area contributed by atoms with Crippen LogP contribution in [0.2, 0.25) is 0 Å². The molecule has 8 heteroatoms. The molecule has 2 aromatic carbocycles. The summed E-state index contributed by atoms with van der Waals surface area (Å²) in [6.07, 6.45) is 0. The molecule has 2 aromatic rings. The Morgan fingerprint density at radius 3 is 2.45 bits per heavy atom. The Hall–Kier alpha value is -2.48. The highest BCUT2D eigenvalue weighted by Crippen LogP contribution is 2.22. The standard InChI is InChI=1S/C14H11F2NO4S/c1-8-2-3-9(15)6-13(8)17-22(20,21)10-4-5-12(16)11(7-10)14(18)19/h2-7,17H,1H3,(H,18,19)/p-1. The van der Waals surface area contributed by atoms with Crippen molar-refractivity contribution in [3.8, 4) is 0 Å².